The van der Waals surface area contributed by atoms with Gasteiger partial charge in [0.2, 0.25) is 0 Å². The molecule has 106 valence electrons. The van der Waals surface area contributed by atoms with Crippen LogP contribution >= 0.6 is 0 Å². The average molecular weight is 283 g/mol. The maximum atomic E-state index is 12.5. The summed E-state index contributed by atoms with van der Waals surface area (Å²) in [7, 11) is 0. The topological polar surface area (TPSA) is 12.0 Å². The van der Waals surface area contributed by atoms with Crippen molar-refractivity contribution in [3.63, 3.8) is 0 Å². The molecule has 1 aromatic rings. The summed E-state index contributed by atoms with van der Waals surface area (Å²) in [5.74, 6) is 0. The predicted octanol–water partition coefficient (Wildman–Crippen LogP) is 4.71. The molecule has 0 saturated heterocycles. The molecule has 0 aliphatic rings. The smallest absolute Gasteiger partial charge is 0.381 e. The lowest BCUT2D eigenvalue weighted by atomic mass is 10.1. The number of alkyl halides is 6. The molecule has 0 radical (unpaired) electrons. The van der Waals surface area contributed by atoms with Gasteiger partial charge in [0, 0.05) is 12.2 Å². The van der Waals surface area contributed by atoms with Crippen LogP contribution in [0.1, 0.15) is 18.1 Å². The second kappa shape index (κ2) is 5.14. The Kier molecular flexibility index (Phi) is 4.17. The molecular weight excluding hydrogens is 272 g/mol. The van der Waals surface area contributed by atoms with E-state index in [1.807, 2.05) is 0 Å². The van der Waals surface area contributed by atoms with Crippen LogP contribution in [0.3, 0.4) is 0 Å². The molecule has 0 fully saturated rings. The molecule has 1 rings (SSSR count). The molecular formula is C12H11F6N. The lowest BCUT2D eigenvalue weighted by molar-refractivity contribution is -0.143. The first kappa shape index (κ1) is 15.4. The first-order valence-electron chi connectivity index (χ1n) is 5.18. The highest BCUT2D eigenvalue weighted by Gasteiger charge is 2.36. The fraction of sp³-hybridized carbons (Fsp3) is 0.333. The molecule has 0 amide bonds. The standard InChI is InChI=1S/C12H11F6N/c1-7(2)6-19-10-4-8(11(13,14)15)3-9(5-10)12(16,17)18/h3-5,19H,1,6H2,2H3. The Morgan fingerprint density at radius 1 is 1.00 bits per heavy atom. The van der Waals surface area contributed by atoms with Gasteiger partial charge in [-0.25, -0.2) is 0 Å². The van der Waals surface area contributed by atoms with Gasteiger partial charge in [0.25, 0.3) is 0 Å². The third kappa shape index (κ3) is 4.50. The Labute approximate surface area is 105 Å². The molecule has 0 aliphatic carbocycles. The molecule has 0 bridgehead atoms. The minimum Gasteiger partial charge on any atom is -0.381 e. The van der Waals surface area contributed by atoms with Gasteiger partial charge >= 0.3 is 12.4 Å². The highest BCUT2D eigenvalue weighted by atomic mass is 19.4. The van der Waals surface area contributed by atoms with Gasteiger partial charge in [-0.15, -0.1) is 0 Å². The minimum atomic E-state index is -4.83. The van der Waals surface area contributed by atoms with Crippen molar-refractivity contribution < 1.29 is 26.3 Å². The normalized spacial score (nSPS) is 12.4. The van der Waals surface area contributed by atoms with Crippen molar-refractivity contribution >= 4 is 5.69 Å². The van der Waals surface area contributed by atoms with E-state index in [1.165, 1.54) is 0 Å². The summed E-state index contributed by atoms with van der Waals surface area (Å²) in [6.07, 6.45) is -9.66. The third-order valence-electron chi connectivity index (χ3n) is 2.18. The van der Waals surface area contributed by atoms with E-state index in [4.69, 9.17) is 0 Å². The second-order valence-electron chi connectivity index (χ2n) is 4.11. The molecule has 0 atom stereocenters. The molecule has 0 unspecified atom stereocenters. The van der Waals surface area contributed by atoms with E-state index in [0.29, 0.717) is 17.7 Å². The van der Waals surface area contributed by atoms with E-state index < -0.39 is 23.5 Å². The first-order chi connectivity index (χ1) is 8.50. The van der Waals surface area contributed by atoms with Crippen LogP contribution in [-0.2, 0) is 12.4 Å². The monoisotopic (exact) mass is 283 g/mol. The molecule has 0 heterocycles. The zero-order valence-electron chi connectivity index (χ0n) is 9.91. The Balaban J connectivity index is 3.21. The van der Waals surface area contributed by atoms with E-state index >= 15 is 0 Å². The van der Waals surface area contributed by atoms with Gasteiger partial charge in [0.15, 0.2) is 0 Å². The van der Waals surface area contributed by atoms with Crippen LogP contribution in [0.25, 0.3) is 0 Å². The summed E-state index contributed by atoms with van der Waals surface area (Å²) in [6, 6.07) is 1.36. The first-order valence-corrected chi connectivity index (χ1v) is 5.18. The maximum absolute atomic E-state index is 12.5. The maximum Gasteiger partial charge on any atom is 0.416 e. The van der Waals surface area contributed by atoms with Crippen molar-refractivity contribution in [3.05, 3.63) is 41.5 Å². The van der Waals surface area contributed by atoms with Crippen LogP contribution in [0.5, 0.6) is 0 Å². The highest BCUT2D eigenvalue weighted by molar-refractivity contribution is 5.51. The van der Waals surface area contributed by atoms with Gasteiger partial charge in [-0.3, -0.25) is 0 Å². The lowest BCUT2D eigenvalue weighted by Crippen LogP contribution is -2.12. The van der Waals surface area contributed by atoms with Crippen LogP contribution in [0.4, 0.5) is 32.0 Å². The van der Waals surface area contributed by atoms with Crippen LogP contribution in [-0.4, -0.2) is 6.54 Å². The Morgan fingerprint density at radius 2 is 1.42 bits per heavy atom. The molecule has 1 aromatic carbocycles. The number of benzene rings is 1. The molecule has 19 heavy (non-hydrogen) atoms. The van der Waals surface area contributed by atoms with Crippen molar-refractivity contribution in [2.45, 2.75) is 19.3 Å². The number of halogens is 6. The zero-order chi connectivity index (χ0) is 14.8. The lowest BCUT2D eigenvalue weighted by Gasteiger charge is -2.15. The van der Waals surface area contributed by atoms with Crippen molar-refractivity contribution in [3.8, 4) is 0 Å². The largest absolute Gasteiger partial charge is 0.416 e. The Hall–Kier alpha value is -1.66. The second-order valence-corrected chi connectivity index (χ2v) is 4.11. The summed E-state index contributed by atoms with van der Waals surface area (Å²) in [4.78, 5) is 0. The third-order valence-corrected chi connectivity index (χ3v) is 2.18. The SMILES string of the molecule is C=C(C)CNc1cc(C(F)(F)F)cc(C(F)(F)F)c1. The molecule has 1 nitrogen and oxygen atoms in total. The average Bonchev–Trinajstić information content (AvgIpc) is 2.23. The van der Waals surface area contributed by atoms with Gasteiger partial charge in [0.1, 0.15) is 0 Å². The van der Waals surface area contributed by atoms with Crippen LogP contribution in [0, 0.1) is 0 Å². The number of anilines is 1. The van der Waals surface area contributed by atoms with Gasteiger partial charge in [-0.2, -0.15) is 26.3 Å². The van der Waals surface area contributed by atoms with Crippen molar-refractivity contribution in [1.82, 2.24) is 0 Å². The summed E-state index contributed by atoms with van der Waals surface area (Å²) in [5.41, 5.74) is -2.34. The number of nitrogens with one attached hydrogen (secondary N) is 1. The number of rotatable bonds is 3. The summed E-state index contributed by atoms with van der Waals surface area (Å²) < 4.78 is 75.1. The van der Waals surface area contributed by atoms with E-state index in [9.17, 15) is 26.3 Å². The quantitative estimate of drug-likeness (QED) is 0.625. The molecule has 0 aliphatic heterocycles. The zero-order valence-corrected chi connectivity index (χ0v) is 9.91. The van der Waals surface area contributed by atoms with Crippen LogP contribution in [0.2, 0.25) is 0 Å². The molecule has 7 heteroatoms. The molecule has 0 saturated carbocycles. The minimum absolute atomic E-state index is 0.0892. The predicted molar refractivity (Wildman–Crippen MR) is 59.7 cm³/mol. The van der Waals surface area contributed by atoms with Gasteiger partial charge in [-0.05, 0) is 25.1 Å². The van der Waals surface area contributed by atoms with Crippen LogP contribution < -0.4 is 5.32 Å². The number of hydrogen-bond acceptors (Lipinski definition) is 1. The van der Waals surface area contributed by atoms with Gasteiger partial charge in [-0.1, -0.05) is 12.2 Å². The van der Waals surface area contributed by atoms with Crippen LogP contribution in [0.15, 0.2) is 30.4 Å². The fourth-order valence-corrected chi connectivity index (χ4v) is 1.31. The van der Waals surface area contributed by atoms with E-state index in [2.05, 4.69) is 11.9 Å². The molecule has 0 aromatic heterocycles. The van der Waals surface area contributed by atoms with Gasteiger partial charge in [0.05, 0.1) is 11.1 Å². The highest BCUT2D eigenvalue weighted by Crippen LogP contribution is 2.37. The Bertz CT molecular complexity index is 440. The number of hydrogen-bond donors (Lipinski definition) is 1. The van der Waals surface area contributed by atoms with E-state index in [1.54, 1.807) is 6.92 Å². The van der Waals surface area contributed by atoms with E-state index in [-0.39, 0.29) is 18.3 Å². The molecule has 0 spiro atoms. The van der Waals surface area contributed by atoms with Crippen molar-refractivity contribution in [1.29, 1.82) is 0 Å². The summed E-state index contributed by atoms with van der Waals surface area (Å²) in [5, 5.41) is 2.47. The Morgan fingerprint density at radius 3 is 1.74 bits per heavy atom. The van der Waals surface area contributed by atoms with Gasteiger partial charge < -0.3 is 5.32 Å². The van der Waals surface area contributed by atoms with E-state index in [0.717, 1.165) is 0 Å². The van der Waals surface area contributed by atoms with Crippen molar-refractivity contribution in [2.75, 3.05) is 11.9 Å². The summed E-state index contributed by atoms with van der Waals surface area (Å²) in [6.45, 7) is 5.20. The van der Waals surface area contributed by atoms with Crippen molar-refractivity contribution in [2.24, 2.45) is 0 Å². The fourth-order valence-electron chi connectivity index (χ4n) is 1.31. The molecule has 1 N–H and O–H groups in total. The summed E-state index contributed by atoms with van der Waals surface area (Å²) >= 11 is 0.